The Kier molecular flexibility index (Phi) is 49.8. The van der Waals surface area contributed by atoms with Gasteiger partial charge in [-0.25, -0.2) is 0 Å². The second kappa shape index (κ2) is 51.1. The molecule has 0 saturated carbocycles. The lowest BCUT2D eigenvalue weighted by atomic mass is 10.0. The lowest BCUT2D eigenvalue weighted by Gasteiger charge is -2.29. The van der Waals surface area contributed by atoms with Crippen molar-refractivity contribution in [1.29, 1.82) is 0 Å². The van der Waals surface area contributed by atoms with Crippen molar-refractivity contribution in [1.82, 2.24) is 5.32 Å². The highest BCUT2D eigenvalue weighted by molar-refractivity contribution is 7.45. The van der Waals surface area contributed by atoms with Gasteiger partial charge in [0.05, 0.1) is 39.9 Å². The van der Waals surface area contributed by atoms with Crippen molar-refractivity contribution >= 4 is 13.7 Å². The van der Waals surface area contributed by atoms with Crippen LogP contribution < -0.4 is 10.2 Å². The van der Waals surface area contributed by atoms with Gasteiger partial charge in [0, 0.05) is 6.42 Å². The van der Waals surface area contributed by atoms with Gasteiger partial charge in [0.1, 0.15) is 13.2 Å². The highest BCUT2D eigenvalue weighted by atomic mass is 31.2. The predicted octanol–water partition coefficient (Wildman–Crippen LogP) is 17.1. The number of hydrogen-bond donors (Lipinski definition) is 2. The number of unbranched alkanes of at least 4 members (excludes halogenated alkanes) is 32. The second-order valence-corrected chi connectivity index (χ2v) is 22.4. The highest BCUT2D eigenvalue weighted by Crippen LogP contribution is 2.38. The summed E-state index contributed by atoms with van der Waals surface area (Å²) in [6, 6.07) is -0.915. The van der Waals surface area contributed by atoms with E-state index in [0.29, 0.717) is 17.4 Å². The van der Waals surface area contributed by atoms with Crippen molar-refractivity contribution in [3.05, 3.63) is 60.8 Å². The Bertz CT molecular complexity index is 1310. The zero-order valence-electron chi connectivity index (χ0n) is 46.0. The van der Waals surface area contributed by atoms with Crippen LogP contribution in [-0.2, 0) is 18.4 Å². The monoisotopic (exact) mass is 989 g/mol. The number of allylic oxidation sites excluding steroid dienone is 9. The first-order valence-corrected chi connectivity index (χ1v) is 30.6. The molecule has 0 bridgehead atoms. The maximum Gasteiger partial charge on any atom is 0.268 e. The topological polar surface area (TPSA) is 108 Å². The van der Waals surface area contributed by atoms with E-state index in [2.05, 4.69) is 67.8 Å². The van der Waals surface area contributed by atoms with Crippen LogP contribution in [-0.4, -0.2) is 68.5 Å². The lowest BCUT2D eigenvalue weighted by molar-refractivity contribution is -0.870. The Balaban J connectivity index is 4.14. The van der Waals surface area contributed by atoms with Crippen molar-refractivity contribution in [3.8, 4) is 0 Å². The second-order valence-electron chi connectivity index (χ2n) is 21.0. The largest absolute Gasteiger partial charge is 0.756 e. The van der Waals surface area contributed by atoms with Gasteiger partial charge in [-0.15, -0.1) is 0 Å². The van der Waals surface area contributed by atoms with Gasteiger partial charge in [0.2, 0.25) is 5.91 Å². The summed E-state index contributed by atoms with van der Waals surface area (Å²) in [7, 11) is 1.23. The van der Waals surface area contributed by atoms with Crippen molar-refractivity contribution < 1.29 is 32.9 Å². The molecule has 0 aliphatic rings. The smallest absolute Gasteiger partial charge is 0.268 e. The first-order valence-electron chi connectivity index (χ1n) is 29.2. The molecule has 0 heterocycles. The van der Waals surface area contributed by atoms with Crippen LogP contribution in [0.2, 0.25) is 0 Å². The zero-order valence-corrected chi connectivity index (χ0v) is 46.9. The van der Waals surface area contributed by atoms with E-state index in [1.54, 1.807) is 6.08 Å². The molecule has 0 saturated heterocycles. The summed E-state index contributed by atoms with van der Waals surface area (Å²) >= 11 is 0. The molecule has 9 heteroatoms. The summed E-state index contributed by atoms with van der Waals surface area (Å²) in [6.45, 7) is 4.52. The van der Waals surface area contributed by atoms with Crippen LogP contribution >= 0.6 is 7.82 Å². The molecule has 0 aliphatic heterocycles. The Morgan fingerprint density at radius 1 is 0.522 bits per heavy atom. The summed E-state index contributed by atoms with van der Waals surface area (Å²) in [5.41, 5.74) is 0. The summed E-state index contributed by atoms with van der Waals surface area (Å²) in [6.07, 6.45) is 69.0. The van der Waals surface area contributed by atoms with E-state index >= 15 is 0 Å². The average Bonchev–Trinajstić information content (AvgIpc) is 3.31. The molecule has 0 aliphatic carbocycles. The number of carbonyl (C=O) groups excluding carboxylic acids is 1. The Hall–Kier alpha value is -1.80. The normalized spacial score (nSPS) is 14.4. The fourth-order valence-corrected chi connectivity index (χ4v) is 9.14. The standard InChI is InChI=1S/C60H113N2O6P/c1-6-8-10-12-14-16-18-20-22-23-24-25-26-27-28-29-30-31-32-33-34-35-36-37-38-40-41-43-45-47-49-51-53-59(63)58(57-68-69(65,66)67-56-55-62(3,4)5)61-60(64)54-52-50-48-46-44-42-39-21-19-17-15-13-11-9-7-2/h9,11,15,17,21,39,43,45,51,53,58-59,63H,6-8,10,12-14,16,18-20,22-38,40-42,44,46-50,52,54-57H2,1-5H3,(H-,61,64,65,66)/b11-9-,17-15-,39-21-,45-43+,53-51+. The Morgan fingerprint density at radius 3 is 1.35 bits per heavy atom. The number of quaternary nitrogens is 1. The van der Waals surface area contributed by atoms with E-state index < -0.39 is 26.6 Å². The summed E-state index contributed by atoms with van der Waals surface area (Å²) < 4.78 is 23.3. The molecule has 0 fully saturated rings. The number of amides is 1. The number of aliphatic hydroxyl groups excluding tert-OH is 1. The molecule has 404 valence electrons. The minimum atomic E-state index is -4.61. The summed E-state index contributed by atoms with van der Waals surface area (Å²) in [5, 5.41) is 13.8. The molecule has 0 spiro atoms. The number of rotatable bonds is 53. The molecular weight excluding hydrogens is 876 g/mol. The first-order chi connectivity index (χ1) is 33.5. The summed E-state index contributed by atoms with van der Waals surface area (Å²) in [5.74, 6) is -0.224. The third-order valence-corrected chi connectivity index (χ3v) is 13.9. The highest BCUT2D eigenvalue weighted by Gasteiger charge is 2.23. The van der Waals surface area contributed by atoms with Crippen molar-refractivity contribution in [2.75, 3.05) is 40.9 Å². The van der Waals surface area contributed by atoms with Crippen LogP contribution in [0.15, 0.2) is 60.8 Å². The molecule has 2 N–H and O–H groups in total. The third-order valence-electron chi connectivity index (χ3n) is 13.0. The molecule has 1 amide bonds. The molecule has 8 nitrogen and oxygen atoms in total. The van der Waals surface area contributed by atoms with Crippen LogP contribution in [0.4, 0.5) is 0 Å². The Morgan fingerprint density at radius 2 is 0.899 bits per heavy atom. The van der Waals surface area contributed by atoms with Crippen LogP contribution in [0.1, 0.15) is 264 Å². The molecule has 0 aromatic carbocycles. The third kappa shape index (κ3) is 53.8. The minimum Gasteiger partial charge on any atom is -0.756 e. The quantitative estimate of drug-likeness (QED) is 0.0272. The average molecular weight is 990 g/mol. The van der Waals surface area contributed by atoms with E-state index in [-0.39, 0.29) is 12.5 Å². The minimum absolute atomic E-state index is 0.0121. The molecular formula is C60H113N2O6P. The molecule has 0 rings (SSSR count). The molecule has 3 unspecified atom stereocenters. The SMILES string of the molecule is CC/C=C\C/C=C\C/C=C\CCCCCCCC(=O)NC(COP(=O)([O-])OCC[N+](C)(C)C)C(O)/C=C/CC/C=C/CCCCCCCCCCCCCCCCCCCCCCCCCCCC. The van der Waals surface area contributed by atoms with E-state index in [4.69, 9.17) is 9.05 Å². The van der Waals surface area contributed by atoms with Gasteiger partial charge in [-0.05, 0) is 64.2 Å². The number of phosphoric acid groups is 1. The van der Waals surface area contributed by atoms with Gasteiger partial charge in [0.15, 0.2) is 0 Å². The van der Waals surface area contributed by atoms with Gasteiger partial charge >= 0.3 is 0 Å². The van der Waals surface area contributed by atoms with E-state index in [1.807, 2.05) is 27.2 Å². The van der Waals surface area contributed by atoms with Crippen LogP contribution in [0.5, 0.6) is 0 Å². The van der Waals surface area contributed by atoms with Gasteiger partial charge < -0.3 is 28.8 Å². The van der Waals surface area contributed by atoms with Gasteiger partial charge in [0.25, 0.3) is 7.82 Å². The van der Waals surface area contributed by atoms with Crippen molar-refractivity contribution in [2.24, 2.45) is 0 Å². The number of nitrogens with one attached hydrogen (secondary N) is 1. The van der Waals surface area contributed by atoms with Gasteiger partial charge in [-0.2, -0.15) is 0 Å². The van der Waals surface area contributed by atoms with Gasteiger partial charge in [-0.3, -0.25) is 9.36 Å². The number of nitrogens with zero attached hydrogens (tertiary/aromatic N) is 1. The van der Waals surface area contributed by atoms with E-state index in [1.165, 1.54) is 167 Å². The molecule has 0 radical (unpaired) electrons. The number of carbonyl (C=O) groups is 1. The fraction of sp³-hybridized carbons (Fsp3) is 0.817. The van der Waals surface area contributed by atoms with Crippen molar-refractivity contribution in [3.63, 3.8) is 0 Å². The molecule has 0 aromatic heterocycles. The van der Waals surface area contributed by atoms with Crippen LogP contribution in [0.3, 0.4) is 0 Å². The van der Waals surface area contributed by atoms with Crippen molar-refractivity contribution in [2.45, 2.75) is 276 Å². The number of aliphatic hydroxyl groups is 1. The summed E-state index contributed by atoms with van der Waals surface area (Å²) in [4.78, 5) is 25.4. The predicted molar refractivity (Wildman–Crippen MR) is 297 cm³/mol. The van der Waals surface area contributed by atoms with E-state index in [0.717, 1.165) is 77.0 Å². The first kappa shape index (κ1) is 67.2. The molecule has 3 atom stereocenters. The van der Waals surface area contributed by atoms with Gasteiger partial charge in [-0.1, -0.05) is 254 Å². The van der Waals surface area contributed by atoms with Crippen LogP contribution in [0.25, 0.3) is 0 Å². The van der Waals surface area contributed by atoms with Crippen LogP contribution in [0, 0.1) is 0 Å². The number of phosphoric ester groups is 1. The maximum atomic E-state index is 12.9. The number of likely N-dealkylation sites (N-methyl/N-ethyl adjacent to an activating group) is 1. The fourth-order valence-electron chi connectivity index (χ4n) is 8.42. The molecule has 69 heavy (non-hydrogen) atoms. The Labute approximate surface area is 428 Å². The zero-order chi connectivity index (χ0) is 50.6. The maximum absolute atomic E-state index is 12.9. The number of hydrogen-bond acceptors (Lipinski definition) is 6. The van der Waals surface area contributed by atoms with E-state index in [9.17, 15) is 19.4 Å². The lowest BCUT2D eigenvalue weighted by Crippen LogP contribution is -2.45. The molecule has 0 aromatic rings.